The summed E-state index contributed by atoms with van der Waals surface area (Å²) in [5, 5.41) is 0. The van der Waals surface area contributed by atoms with Crippen LogP contribution in [0.25, 0.3) is 22.3 Å². The second kappa shape index (κ2) is 14.2. The minimum atomic E-state index is -4.40. The average molecular weight is 693 g/mol. The van der Waals surface area contributed by atoms with E-state index in [1.165, 1.54) is 0 Å². The van der Waals surface area contributed by atoms with Gasteiger partial charge in [-0.25, -0.2) is 9.13 Å². The molecule has 0 bridgehead atoms. The van der Waals surface area contributed by atoms with Gasteiger partial charge in [-0.2, -0.15) is 0 Å². The fraction of sp³-hybridized carbons (Fsp3) is 0.0769. The molecule has 0 spiro atoms. The first kappa shape index (κ1) is 33.8. The number of rotatable bonds is 12. The molecule has 2 atom stereocenters. The molecule has 0 heterocycles. The van der Waals surface area contributed by atoms with Crippen molar-refractivity contribution in [2.24, 2.45) is 0 Å². The van der Waals surface area contributed by atoms with Crippen molar-refractivity contribution in [3.05, 3.63) is 169 Å². The van der Waals surface area contributed by atoms with Gasteiger partial charge in [-0.05, 0) is 81.9 Å². The summed E-state index contributed by atoms with van der Waals surface area (Å²) in [6.45, 7) is 4.32. The Kier molecular flexibility index (Phi) is 9.77. The molecule has 248 valence electrons. The molecule has 0 saturated heterocycles. The van der Waals surface area contributed by atoms with Gasteiger partial charge in [-0.1, -0.05) is 123 Å². The zero-order chi connectivity index (χ0) is 34.5. The number of hydrogen-bond donors (Lipinski definition) is 2. The Hall–Kier alpha value is -5.10. The maximum Gasteiger partial charge on any atom is 0.584 e. The van der Waals surface area contributed by atoms with E-state index in [-0.39, 0.29) is 23.0 Å². The van der Waals surface area contributed by atoms with E-state index in [9.17, 15) is 18.9 Å². The van der Waals surface area contributed by atoms with Crippen molar-refractivity contribution < 1.29 is 37.0 Å². The molecular weight excluding hydrogens is 658 g/mol. The molecule has 0 aromatic heterocycles. The van der Waals surface area contributed by atoms with Crippen molar-refractivity contribution in [2.75, 3.05) is 0 Å². The Balaban J connectivity index is 1.23. The van der Waals surface area contributed by atoms with E-state index in [1.807, 2.05) is 60.7 Å². The lowest BCUT2D eigenvalue weighted by Crippen LogP contribution is -2.21. The van der Waals surface area contributed by atoms with Gasteiger partial charge in [0.05, 0.1) is 0 Å². The molecule has 2 unspecified atom stereocenters. The number of phosphoric acid groups is 2. The Morgan fingerprint density at radius 3 is 1.04 bits per heavy atom. The molecule has 6 aromatic rings. The third kappa shape index (κ3) is 8.32. The first-order valence-corrected chi connectivity index (χ1v) is 18.4. The Morgan fingerprint density at radius 2 is 0.694 bits per heavy atom. The first-order valence-electron chi connectivity index (χ1n) is 15.4. The summed E-state index contributed by atoms with van der Waals surface area (Å²) in [7, 11) is -8.81. The lowest BCUT2D eigenvalue weighted by molar-refractivity contribution is 0.289. The van der Waals surface area contributed by atoms with Gasteiger partial charge in [0, 0.05) is 5.41 Å². The molecule has 0 amide bonds. The van der Waals surface area contributed by atoms with Gasteiger partial charge < -0.3 is 18.1 Å². The van der Waals surface area contributed by atoms with Crippen LogP contribution in [0.4, 0.5) is 0 Å². The first-order chi connectivity index (χ1) is 23.5. The van der Waals surface area contributed by atoms with Crippen LogP contribution in [0.1, 0.15) is 25.0 Å². The highest BCUT2D eigenvalue weighted by Crippen LogP contribution is 2.47. The van der Waals surface area contributed by atoms with Crippen LogP contribution in [0.15, 0.2) is 158 Å². The van der Waals surface area contributed by atoms with Crippen LogP contribution >= 0.6 is 15.6 Å². The van der Waals surface area contributed by atoms with Crippen molar-refractivity contribution in [3.63, 3.8) is 0 Å². The fourth-order valence-corrected chi connectivity index (χ4v) is 7.26. The molecule has 2 N–H and O–H groups in total. The third-order valence-electron chi connectivity index (χ3n) is 7.90. The summed E-state index contributed by atoms with van der Waals surface area (Å²) in [5.41, 5.74) is 5.43. The molecule has 0 aliphatic rings. The van der Waals surface area contributed by atoms with E-state index < -0.39 is 21.1 Å². The molecule has 0 aliphatic heterocycles. The molecule has 6 aromatic carbocycles. The zero-order valence-corrected chi connectivity index (χ0v) is 28.5. The van der Waals surface area contributed by atoms with Crippen LogP contribution in [-0.4, -0.2) is 9.79 Å². The minimum Gasteiger partial charge on any atom is -0.395 e. The van der Waals surface area contributed by atoms with Crippen LogP contribution in [-0.2, 0) is 14.5 Å². The standard InChI is InChI=1S/C39H34O8P2/c1-39(2,37-19-11-9-17-35(37)29-21-25-33(26-22-29)46-48(40,41)44-31-13-5-3-6-14-31)38-20-12-10-18-36(38)30-23-27-34(28-24-30)47-49(42,43)45-32-15-7-4-8-16-32/h3-28H,1-2H3,(H,40,41)(H,42,43). The van der Waals surface area contributed by atoms with Crippen LogP contribution < -0.4 is 18.1 Å². The van der Waals surface area contributed by atoms with Gasteiger partial charge in [0.1, 0.15) is 23.0 Å². The maximum absolute atomic E-state index is 12.6. The quantitative estimate of drug-likeness (QED) is 0.122. The van der Waals surface area contributed by atoms with Crippen LogP contribution in [0, 0.1) is 0 Å². The monoisotopic (exact) mass is 692 g/mol. The normalized spacial score (nSPS) is 13.8. The molecular formula is C39H34O8P2. The predicted octanol–water partition coefficient (Wildman–Crippen LogP) is 10.5. The van der Waals surface area contributed by atoms with Crippen molar-refractivity contribution >= 4 is 15.6 Å². The molecule has 0 aliphatic carbocycles. The lowest BCUT2D eigenvalue weighted by Gasteiger charge is -2.31. The largest absolute Gasteiger partial charge is 0.584 e. The van der Waals surface area contributed by atoms with Crippen molar-refractivity contribution in [1.29, 1.82) is 0 Å². The number of benzene rings is 6. The van der Waals surface area contributed by atoms with Gasteiger partial charge >= 0.3 is 15.6 Å². The summed E-state index contributed by atoms with van der Waals surface area (Å²) < 4.78 is 46.3. The van der Waals surface area contributed by atoms with E-state index in [4.69, 9.17) is 18.1 Å². The average Bonchev–Trinajstić information content (AvgIpc) is 3.09. The minimum absolute atomic E-state index is 0.198. The highest BCUT2D eigenvalue weighted by Gasteiger charge is 2.30. The van der Waals surface area contributed by atoms with Gasteiger partial charge in [-0.3, -0.25) is 9.79 Å². The summed E-state index contributed by atoms with van der Waals surface area (Å²) in [6, 6.07) is 46.9. The number of phosphoric ester groups is 2. The molecule has 6 rings (SSSR count). The van der Waals surface area contributed by atoms with Crippen molar-refractivity contribution in [1.82, 2.24) is 0 Å². The summed E-state index contributed by atoms with van der Waals surface area (Å²) >= 11 is 0. The zero-order valence-electron chi connectivity index (χ0n) is 26.7. The third-order valence-corrected chi connectivity index (χ3v) is 9.67. The SMILES string of the molecule is CC(C)(c1ccccc1-c1ccc(OP(=O)(O)Oc2ccccc2)cc1)c1ccccc1-c1ccc(OP(=O)(O)Oc2ccccc2)cc1. The Morgan fingerprint density at radius 1 is 0.408 bits per heavy atom. The molecule has 8 nitrogen and oxygen atoms in total. The molecule has 0 radical (unpaired) electrons. The summed E-state index contributed by atoms with van der Waals surface area (Å²) in [5.74, 6) is 0.860. The van der Waals surface area contributed by atoms with E-state index in [0.29, 0.717) is 0 Å². The number of para-hydroxylation sites is 2. The number of hydrogen-bond acceptors (Lipinski definition) is 6. The fourth-order valence-electron chi connectivity index (χ4n) is 5.63. The van der Waals surface area contributed by atoms with Crippen molar-refractivity contribution in [2.45, 2.75) is 19.3 Å². The smallest absolute Gasteiger partial charge is 0.395 e. The highest BCUT2D eigenvalue weighted by atomic mass is 31.2. The van der Waals surface area contributed by atoms with Crippen LogP contribution in [0.3, 0.4) is 0 Å². The Bertz CT molecular complexity index is 1970. The second-order valence-corrected chi connectivity index (χ2v) is 14.3. The van der Waals surface area contributed by atoms with Gasteiger partial charge in [0.15, 0.2) is 0 Å². The van der Waals surface area contributed by atoms with E-state index in [1.54, 1.807) is 84.9 Å². The molecule has 10 heteroatoms. The van der Waals surface area contributed by atoms with Gasteiger partial charge in [0.2, 0.25) is 0 Å². The van der Waals surface area contributed by atoms with Gasteiger partial charge in [-0.15, -0.1) is 0 Å². The van der Waals surface area contributed by atoms with Crippen LogP contribution in [0.5, 0.6) is 23.0 Å². The maximum atomic E-state index is 12.6. The predicted molar refractivity (Wildman–Crippen MR) is 191 cm³/mol. The molecule has 0 saturated carbocycles. The van der Waals surface area contributed by atoms with Crippen molar-refractivity contribution in [3.8, 4) is 45.3 Å². The van der Waals surface area contributed by atoms with Crippen LogP contribution in [0.2, 0.25) is 0 Å². The highest BCUT2D eigenvalue weighted by molar-refractivity contribution is 7.48. The topological polar surface area (TPSA) is 112 Å². The van der Waals surface area contributed by atoms with E-state index in [0.717, 1.165) is 33.4 Å². The van der Waals surface area contributed by atoms with Gasteiger partial charge in [0.25, 0.3) is 0 Å². The molecule has 49 heavy (non-hydrogen) atoms. The van der Waals surface area contributed by atoms with E-state index >= 15 is 0 Å². The second-order valence-electron chi connectivity index (χ2n) is 11.7. The summed E-state index contributed by atoms with van der Waals surface area (Å²) in [4.78, 5) is 20.6. The summed E-state index contributed by atoms with van der Waals surface area (Å²) in [6.07, 6.45) is 0. The molecule has 0 fully saturated rings. The van der Waals surface area contributed by atoms with E-state index in [2.05, 4.69) is 26.0 Å². The lowest BCUT2D eigenvalue weighted by atomic mass is 9.72. The Labute approximate surface area is 285 Å².